The van der Waals surface area contributed by atoms with Gasteiger partial charge in [-0.3, -0.25) is 0 Å². The molecule has 0 atom stereocenters. The molecule has 9 heteroatoms. The molecule has 0 saturated heterocycles. The summed E-state index contributed by atoms with van der Waals surface area (Å²) in [6, 6.07) is 0. The van der Waals surface area contributed by atoms with Crippen LogP contribution in [0.1, 0.15) is 21.9 Å². The molecule has 90 valence electrons. The van der Waals surface area contributed by atoms with E-state index in [1.165, 1.54) is 6.92 Å². The Hall–Kier alpha value is -2.19. The van der Waals surface area contributed by atoms with Crippen molar-refractivity contribution in [3.05, 3.63) is 23.3 Å². The number of nitrogens with zero attached hydrogens (tertiary/aromatic N) is 4. The molecule has 0 spiro atoms. The fourth-order valence-corrected chi connectivity index (χ4v) is 1.36. The number of aromatic nitrogens is 4. The molecule has 2 rings (SSSR count). The summed E-state index contributed by atoms with van der Waals surface area (Å²) in [4.78, 5) is 17.9. The van der Waals surface area contributed by atoms with E-state index in [0.717, 1.165) is 0 Å². The van der Waals surface area contributed by atoms with Crippen LogP contribution in [0.25, 0.3) is 5.78 Å². The van der Waals surface area contributed by atoms with Gasteiger partial charge in [-0.25, -0.2) is 9.78 Å². The number of halogens is 3. The van der Waals surface area contributed by atoms with Crippen LogP contribution in [-0.4, -0.2) is 30.7 Å². The zero-order chi connectivity index (χ0) is 12.8. The lowest BCUT2D eigenvalue weighted by Gasteiger charge is -2.10. The summed E-state index contributed by atoms with van der Waals surface area (Å²) >= 11 is 0. The summed E-state index contributed by atoms with van der Waals surface area (Å²) in [6.07, 6.45) is -4.23. The number of alkyl halides is 3. The van der Waals surface area contributed by atoms with Crippen molar-refractivity contribution >= 4 is 11.7 Å². The maximum Gasteiger partial charge on any atom is 0.434 e. The summed E-state index contributed by atoms with van der Waals surface area (Å²) in [5.41, 5.74) is -2.36. The van der Waals surface area contributed by atoms with E-state index < -0.39 is 23.4 Å². The van der Waals surface area contributed by atoms with Gasteiger partial charge in [0.2, 0.25) is 0 Å². The lowest BCUT2D eigenvalue weighted by molar-refractivity contribution is -0.143. The maximum absolute atomic E-state index is 12.8. The van der Waals surface area contributed by atoms with Crippen molar-refractivity contribution in [1.29, 1.82) is 0 Å². The molecule has 0 fully saturated rings. The van der Waals surface area contributed by atoms with Crippen LogP contribution >= 0.6 is 0 Å². The van der Waals surface area contributed by atoms with E-state index in [9.17, 15) is 18.0 Å². The number of aromatic carboxylic acids is 1. The number of carbonyl (C=O) groups is 1. The van der Waals surface area contributed by atoms with Gasteiger partial charge in [-0.15, -0.1) is 5.10 Å². The highest BCUT2D eigenvalue weighted by molar-refractivity contribution is 5.89. The summed E-state index contributed by atoms with van der Waals surface area (Å²) in [6.45, 7) is 1.38. The van der Waals surface area contributed by atoms with E-state index in [2.05, 4.69) is 15.1 Å². The number of rotatable bonds is 1. The number of hydrogen-bond acceptors (Lipinski definition) is 4. The van der Waals surface area contributed by atoms with Crippen LogP contribution in [0.3, 0.4) is 0 Å². The van der Waals surface area contributed by atoms with Gasteiger partial charge < -0.3 is 5.11 Å². The summed E-state index contributed by atoms with van der Waals surface area (Å²) in [5, 5.41) is 12.2. The first-order valence-electron chi connectivity index (χ1n) is 4.33. The molecular formula is C8H5F3N4O2. The minimum Gasteiger partial charge on any atom is -0.478 e. The van der Waals surface area contributed by atoms with E-state index in [-0.39, 0.29) is 11.6 Å². The van der Waals surface area contributed by atoms with Crippen molar-refractivity contribution < 1.29 is 23.1 Å². The second-order valence-electron chi connectivity index (χ2n) is 3.19. The molecule has 0 bridgehead atoms. The Labute approximate surface area is 91.7 Å². The van der Waals surface area contributed by atoms with Crippen molar-refractivity contribution in [2.75, 3.05) is 0 Å². The number of fused-ring (bicyclic) bond motifs is 1. The normalized spacial score (nSPS) is 12.0. The van der Waals surface area contributed by atoms with E-state index in [1.807, 2.05) is 0 Å². The SMILES string of the molecule is Cc1nc2ncc(C(=O)O)c(C(F)(F)F)n2n1. The first-order chi connectivity index (χ1) is 7.80. The third-order valence-corrected chi connectivity index (χ3v) is 1.97. The van der Waals surface area contributed by atoms with Crippen molar-refractivity contribution in [1.82, 2.24) is 19.6 Å². The van der Waals surface area contributed by atoms with E-state index in [1.54, 1.807) is 0 Å². The van der Waals surface area contributed by atoms with Gasteiger partial charge in [0.25, 0.3) is 5.78 Å². The average Bonchev–Trinajstić information content (AvgIpc) is 2.53. The van der Waals surface area contributed by atoms with Crippen molar-refractivity contribution in [2.24, 2.45) is 0 Å². The van der Waals surface area contributed by atoms with E-state index in [0.29, 0.717) is 10.7 Å². The first-order valence-corrected chi connectivity index (χ1v) is 4.33. The molecule has 6 nitrogen and oxygen atoms in total. The molecule has 1 N–H and O–H groups in total. The third kappa shape index (κ3) is 1.79. The van der Waals surface area contributed by atoms with Gasteiger partial charge in [-0.1, -0.05) is 0 Å². The minimum absolute atomic E-state index is 0.0746. The Morgan fingerprint density at radius 1 is 1.47 bits per heavy atom. The largest absolute Gasteiger partial charge is 0.478 e. The highest BCUT2D eigenvalue weighted by Gasteiger charge is 2.39. The Morgan fingerprint density at radius 2 is 2.12 bits per heavy atom. The van der Waals surface area contributed by atoms with Crippen LogP contribution in [0.4, 0.5) is 13.2 Å². The zero-order valence-electron chi connectivity index (χ0n) is 8.36. The average molecular weight is 246 g/mol. The minimum atomic E-state index is -4.85. The van der Waals surface area contributed by atoms with Gasteiger partial charge >= 0.3 is 12.1 Å². The molecule has 2 heterocycles. The molecule has 0 amide bonds. The van der Waals surface area contributed by atoms with E-state index >= 15 is 0 Å². The standard InChI is InChI=1S/C8H5F3N4O2/c1-3-13-7-12-2-4(6(16)17)5(8(9,10)11)15(7)14-3/h2H,1H3,(H,16,17). The molecule has 0 radical (unpaired) electrons. The van der Waals surface area contributed by atoms with Crippen LogP contribution in [0.15, 0.2) is 6.20 Å². The molecule has 0 aliphatic carbocycles. The van der Waals surface area contributed by atoms with E-state index in [4.69, 9.17) is 5.11 Å². The molecule has 0 aliphatic heterocycles. The predicted octanol–water partition coefficient (Wildman–Crippen LogP) is 1.15. The van der Waals surface area contributed by atoms with Crippen LogP contribution in [0.2, 0.25) is 0 Å². The lowest BCUT2D eigenvalue weighted by Crippen LogP contribution is -2.19. The van der Waals surface area contributed by atoms with Gasteiger partial charge in [0.1, 0.15) is 11.4 Å². The quantitative estimate of drug-likeness (QED) is 0.816. The molecule has 0 aromatic carbocycles. The molecule has 0 saturated carbocycles. The van der Waals surface area contributed by atoms with Crippen LogP contribution in [0.5, 0.6) is 0 Å². The third-order valence-electron chi connectivity index (χ3n) is 1.97. The van der Waals surface area contributed by atoms with Crippen LogP contribution in [0, 0.1) is 6.92 Å². The highest BCUT2D eigenvalue weighted by Crippen LogP contribution is 2.31. The number of carboxylic acid groups (broad SMARTS) is 1. The predicted molar refractivity (Wildman–Crippen MR) is 47.5 cm³/mol. The smallest absolute Gasteiger partial charge is 0.434 e. The number of aryl methyl sites for hydroxylation is 1. The van der Waals surface area contributed by atoms with Gasteiger partial charge in [0.05, 0.1) is 0 Å². The van der Waals surface area contributed by atoms with Crippen molar-refractivity contribution in [2.45, 2.75) is 13.1 Å². The van der Waals surface area contributed by atoms with Crippen LogP contribution in [-0.2, 0) is 6.18 Å². The highest BCUT2D eigenvalue weighted by atomic mass is 19.4. The zero-order valence-corrected chi connectivity index (χ0v) is 8.36. The molecule has 17 heavy (non-hydrogen) atoms. The number of carboxylic acids is 1. The fourth-order valence-electron chi connectivity index (χ4n) is 1.36. The molecule has 0 unspecified atom stereocenters. The van der Waals surface area contributed by atoms with Crippen molar-refractivity contribution in [3.63, 3.8) is 0 Å². The summed E-state index contributed by atoms with van der Waals surface area (Å²) in [7, 11) is 0. The number of hydrogen-bond donors (Lipinski definition) is 1. The van der Waals surface area contributed by atoms with Gasteiger partial charge in [-0.2, -0.15) is 22.7 Å². The first kappa shape index (κ1) is 11.3. The summed E-state index contributed by atoms with van der Waals surface area (Å²) < 4.78 is 38.7. The topological polar surface area (TPSA) is 80.4 Å². The Kier molecular flexibility index (Phi) is 2.26. The van der Waals surface area contributed by atoms with Gasteiger partial charge in [0.15, 0.2) is 5.69 Å². The van der Waals surface area contributed by atoms with Gasteiger partial charge in [-0.05, 0) is 6.92 Å². The Balaban J connectivity index is 2.89. The van der Waals surface area contributed by atoms with Crippen LogP contribution < -0.4 is 0 Å². The lowest BCUT2D eigenvalue weighted by atomic mass is 10.2. The van der Waals surface area contributed by atoms with Gasteiger partial charge in [0, 0.05) is 6.20 Å². The molecule has 2 aromatic heterocycles. The molecule has 2 aromatic rings. The molecule has 0 aliphatic rings. The Bertz CT molecular complexity index is 605. The fraction of sp³-hybridized carbons (Fsp3) is 0.250. The van der Waals surface area contributed by atoms with Crippen molar-refractivity contribution in [3.8, 4) is 0 Å². The monoisotopic (exact) mass is 246 g/mol. The maximum atomic E-state index is 12.8. The second-order valence-corrected chi connectivity index (χ2v) is 3.19. The summed E-state index contributed by atoms with van der Waals surface area (Å²) in [5.74, 6) is -1.94. The molecular weight excluding hydrogens is 241 g/mol. The Morgan fingerprint density at radius 3 is 2.65 bits per heavy atom. The second kappa shape index (κ2) is 3.40.